The highest BCUT2D eigenvalue weighted by molar-refractivity contribution is 5.91. The second kappa shape index (κ2) is 9.14. The van der Waals surface area contributed by atoms with Crippen LogP contribution < -0.4 is 0 Å². The molecule has 1 atom stereocenters. The zero-order valence-corrected chi connectivity index (χ0v) is 16.6. The Morgan fingerprint density at radius 2 is 1.97 bits per heavy atom. The van der Waals surface area contributed by atoms with Gasteiger partial charge in [-0.3, -0.25) is 9.69 Å². The van der Waals surface area contributed by atoms with E-state index in [1.165, 1.54) is 18.4 Å². The third-order valence-electron chi connectivity index (χ3n) is 5.20. The molecule has 1 aliphatic rings. The van der Waals surface area contributed by atoms with E-state index in [2.05, 4.69) is 20.4 Å². The molecule has 4 rings (SSSR count). The van der Waals surface area contributed by atoms with E-state index in [1.807, 2.05) is 0 Å². The molecule has 1 aliphatic heterocycles. The van der Waals surface area contributed by atoms with Gasteiger partial charge in [-0.1, -0.05) is 12.1 Å². The van der Waals surface area contributed by atoms with Crippen LogP contribution in [0.1, 0.15) is 28.0 Å². The second-order valence-electron chi connectivity index (χ2n) is 7.01. The summed E-state index contributed by atoms with van der Waals surface area (Å²) < 4.78 is 25.6. The molecule has 1 aromatic carbocycles. The minimum Gasteiger partial charge on any atom is -0.459 e. The molecule has 30 heavy (non-hydrogen) atoms. The van der Waals surface area contributed by atoms with Crippen LogP contribution in [0, 0.1) is 5.82 Å². The Balaban J connectivity index is 1.56. The van der Waals surface area contributed by atoms with Gasteiger partial charge < -0.3 is 14.1 Å². The molecule has 2 aromatic heterocycles. The average Bonchev–Trinajstić information content (AvgIpc) is 3.46. The number of furan rings is 1. The molecule has 3 heterocycles. The van der Waals surface area contributed by atoms with Crippen molar-refractivity contribution in [2.45, 2.75) is 12.6 Å². The van der Waals surface area contributed by atoms with Crippen LogP contribution in [0.5, 0.6) is 0 Å². The Morgan fingerprint density at radius 1 is 1.20 bits per heavy atom. The molecule has 0 saturated carbocycles. The van der Waals surface area contributed by atoms with Crippen molar-refractivity contribution in [3.05, 3.63) is 65.6 Å². The lowest BCUT2D eigenvalue weighted by Crippen LogP contribution is -2.50. The average molecular weight is 414 g/mol. The minimum absolute atomic E-state index is 0.122. The topological polar surface area (TPSA) is 89.5 Å². The number of aromatic nitrogens is 4. The molecule has 0 spiro atoms. The van der Waals surface area contributed by atoms with E-state index in [1.54, 1.807) is 41.0 Å². The zero-order chi connectivity index (χ0) is 20.9. The van der Waals surface area contributed by atoms with Crippen molar-refractivity contribution in [2.24, 2.45) is 0 Å². The number of tetrazole rings is 1. The number of amides is 1. The van der Waals surface area contributed by atoms with Crippen LogP contribution in [0.2, 0.25) is 0 Å². The van der Waals surface area contributed by atoms with E-state index in [4.69, 9.17) is 9.15 Å². The van der Waals surface area contributed by atoms with Crippen molar-refractivity contribution < 1.29 is 18.3 Å². The summed E-state index contributed by atoms with van der Waals surface area (Å²) >= 11 is 0. The molecule has 1 fully saturated rings. The monoisotopic (exact) mass is 414 g/mol. The number of nitrogens with zero attached hydrogens (tertiary/aromatic N) is 6. The maximum Gasteiger partial charge on any atom is 0.289 e. The molecule has 158 valence electrons. The fourth-order valence-corrected chi connectivity index (χ4v) is 3.65. The molecule has 1 saturated heterocycles. The van der Waals surface area contributed by atoms with Crippen molar-refractivity contribution in [1.82, 2.24) is 30.0 Å². The van der Waals surface area contributed by atoms with Gasteiger partial charge >= 0.3 is 0 Å². The highest BCUT2D eigenvalue weighted by Gasteiger charge is 2.32. The van der Waals surface area contributed by atoms with Crippen molar-refractivity contribution in [2.75, 3.05) is 39.9 Å². The summed E-state index contributed by atoms with van der Waals surface area (Å²) in [6, 6.07) is 9.46. The number of benzene rings is 1. The molecule has 0 aliphatic carbocycles. The summed E-state index contributed by atoms with van der Waals surface area (Å²) in [5.41, 5.74) is 0.885. The minimum atomic E-state index is -0.301. The first-order valence-corrected chi connectivity index (χ1v) is 9.74. The summed E-state index contributed by atoms with van der Waals surface area (Å²) in [5.74, 6) is 0.569. The van der Waals surface area contributed by atoms with E-state index in [-0.39, 0.29) is 17.8 Å². The second-order valence-corrected chi connectivity index (χ2v) is 7.01. The lowest BCUT2D eigenvalue weighted by molar-refractivity contribution is 0.0557. The van der Waals surface area contributed by atoms with Crippen LogP contribution in [-0.4, -0.2) is 75.8 Å². The summed E-state index contributed by atoms with van der Waals surface area (Å²) in [6.45, 7) is 3.29. The van der Waals surface area contributed by atoms with Gasteiger partial charge in [0.1, 0.15) is 5.82 Å². The van der Waals surface area contributed by atoms with Gasteiger partial charge in [-0.25, -0.2) is 9.07 Å². The Labute approximate surface area is 173 Å². The van der Waals surface area contributed by atoms with E-state index >= 15 is 0 Å². The van der Waals surface area contributed by atoms with E-state index in [0.29, 0.717) is 50.9 Å². The molecular weight excluding hydrogens is 391 g/mol. The third-order valence-corrected chi connectivity index (χ3v) is 5.20. The Bertz CT molecular complexity index is 951. The molecule has 0 unspecified atom stereocenters. The van der Waals surface area contributed by atoms with Crippen molar-refractivity contribution >= 4 is 5.91 Å². The largest absolute Gasteiger partial charge is 0.459 e. The molecule has 3 aromatic rings. The number of carbonyl (C=O) groups excluding carboxylic acids is 1. The number of ether oxygens (including phenoxy) is 1. The number of carbonyl (C=O) groups is 1. The van der Waals surface area contributed by atoms with Gasteiger partial charge in [0.05, 0.1) is 25.5 Å². The summed E-state index contributed by atoms with van der Waals surface area (Å²) in [4.78, 5) is 16.5. The van der Waals surface area contributed by atoms with Gasteiger partial charge in [0.15, 0.2) is 11.6 Å². The number of methoxy groups -OCH3 is 1. The summed E-state index contributed by atoms with van der Waals surface area (Å²) in [6.07, 6.45) is 1.49. The number of rotatable bonds is 7. The van der Waals surface area contributed by atoms with Gasteiger partial charge in [-0.2, -0.15) is 0 Å². The van der Waals surface area contributed by atoms with Gasteiger partial charge in [-0.15, -0.1) is 5.10 Å². The fraction of sp³-hybridized carbons (Fsp3) is 0.400. The molecule has 9 nitrogen and oxygen atoms in total. The van der Waals surface area contributed by atoms with Crippen LogP contribution in [0.15, 0.2) is 47.1 Å². The number of piperazine rings is 1. The van der Waals surface area contributed by atoms with E-state index < -0.39 is 0 Å². The van der Waals surface area contributed by atoms with Gasteiger partial charge in [0, 0.05) is 33.3 Å². The van der Waals surface area contributed by atoms with Crippen molar-refractivity contribution in [3.8, 4) is 0 Å². The maximum atomic E-state index is 13.5. The third kappa shape index (κ3) is 4.24. The van der Waals surface area contributed by atoms with Gasteiger partial charge in [0.25, 0.3) is 5.91 Å². The molecule has 0 radical (unpaired) electrons. The predicted molar refractivity (Wildman–Crippen MR) is 104 cm³/mol. The number of hydrogen-bond acceptors (Lipinski definition) is 7. The van der Waals surface area contributed by atoms with Crippen LogP contribution in [-0.2, 0) is 11.3 Å². The lowest BCUT2D eigenvalue weighted by atomic mass is 10.0. The highest BCUT2D eigenvalue weighted by atomic mass is 19.1. The van der Waals surface area contributed by atoms with Crippen LogP contribution in [0.25, 0.3) is 0 Å². The van der Waals surface area contributed by atoms with Crippen LogP contribution in [0.3, 0.4) is 0 Å². The molecule has 10 heteroatoms. The zero-order valence-electron chi connectivity index (χ0n) is 16.6. The Hall–Kier alpha value is -3.11. The molecule has 0 bridgehead atoms. The quantitative estimate of drug-likeness (QED) is 0.580. The molecule has 0 N–H and O–H groups in total. The number of halogens is 1. The Morgan fingerprint density at radius 3 is 2.63 bits per heavy atom. The first kappa shape index (κ1) is 20.2. The Kier molecular flexibility index (Phi) is 6.15. The van der Waals surface area contributed by atoms with E-state index in [0.717, 1.165) is 5.56 Å². The SMILES string of the molecule is COCCn1nnnc1[C@H](c1ccc(F)cc1)N1CCN(C(=O)c2ccco2)CC1. The van der Waals surface area contributed by atoms with Crippen molar-refractivity contribution in [3.63, 3.8) is 0 Å². The summed E-state index contributed by atoms with van der Waals surface area (Å²) in [5, 5.41) is 12.2. The van der Waals surface area contributed by atoms with Crippen LogP contribution in [0.4, 0.5) is 4.39 Å². The standard InChI is InChI=1S/C20H23FN6O3/c1-29-14-12-27-19(22-23-24-27)18(15-4-6-16(21)7-5-15)25-8-10-26(11-9-25)20(28)17-3-2-13-30-17/h2-7,13,18H,8-12,14H2,1H3/t18-/m0/s1. The molecule has 1 amide bonds. The maximum absolute atomic E-state index is 13.5. The lowest BCUT2D eigenvalue weighted by Gasteiger charge is -2.38. The predicted octanol–water partition coefficient (Wildman–Crippen LogP) is 1.60. The first-order valence-electron chi connectivity index (χ1n) is 9.74. The fourth-order valence-electron chi connectivity index (χ4n) is 3.65. The molecular formula is C20H23FN6O3. The normalized spacial score (nSPS) is 16.0. The van der Waals surface area contributed by atoms with Crippen molar-refractivity contribution in [1.29, 1.82) is 0 Å². The number of hydrogen-bond donors (Lipinski definition) is 0. The van der Waals surface area contributed by atoms with Gasteiger partial charge in [-0.05, 0) is 40.3 Å². The first-order chi connectivity index (χ1) is 14.7. The smallest absolute Gasteiger partial charge is 0.289 e. The summed E-state index contributed by atoms with van der Waals surface area (Å²) in [7, 11) is 1.62. The van der Waals surface area contributed by atoms with E-state index in [9.17, 15) is 9.18 Å². The highest BCUT2D eigenvalue weighted by Crippen LogP contribution is 2.28. The van der Waals surface area contributed by atoms with Crippen LogP contribution >= 0.6 is 0 Å². The van der Waals surface area contributed by atoms with Gasteiger partial charge in [0.2, 0.25) is 0 Å².